The molecular weight excluding hydrogens is 531 g/mol. The van der Waals surface area contributed by atoms with E-state index in [4.69, 9.17) is 15.6 Å². The van der Waals surface area contributed by atoms with Gasteiger partial charge in [0.1, 0.15) is 22.5 Å². The van der Waals surface area contributed by atoms with Gasteiger partial charge in [-0.15, -0.1) is 11.3 Å². The molecule has 0 saturated carbocycles. The zero-order chi connectivity index (χ0) is 27.9. The van der Waals surface area contributed by atoms with Gasteiger partial charge in [-0.3, -0.25) is 14.4 Å². The molecule has 2 heterocycles. The number of aromatic nitrogens is 2. The van der Waals surface area contributed by atoms with Crippen molar-refractivity contribution < 1.29 is 37.4 Å². The van der Waals surface area contributed by atoms with Crippen LogP contribution in [0.15, 0.2) is 53.5 Å². The van der Waals surface area contributed by atoms with Gasteiger partial charge < -0.3 is 30.8 Å². The van der Waals surface area contributed by atoms with Gasteiger partial charge >= 0.3 is 12.3 Å². The fourth-order valence-electron chi connectivity index (χ4n) is 3.31. The second-order valence-electron chi connectivity index (χ2n) is 7.84. The molecule has 11 nitrogen and oxygen atoms in total. The Bertz CT molecular complexity index is 1420. The molecule has 2 aromatic heterocycles. The lowest BCUT2D eigenvalue weighted by molar-refractivity contribution is -0.153. The zero-order valence-electron chi connectivity index (χ0n) is 19.5. The third kappa shape index (κ3) is 8.06. The normalized spacial score (nSPS) is 12.4. The first-order valence-electron chi connectivity index (χ1n) is 11.0. The van der Waals surface area contributed by atoms with Gasteiger partial charge in [0.15, 0.2) is 6.61 Å². The highest BCUT2D eigenvalue weighted by Crippen LogP contribution is 2.32. The number of primary amides is 1. The average molecular weight is 554 g/mol. The van der Waals surface area contributed by atoms with E-state index in [0.29, 0.717) is 15.2 Å². The maximum absolute atomic E-state index is 13.0. The number of nitrogens with zero attached hydrogens (tertiary/aromatic N) is 2. The fourth-order valence-corrected chi connectivity index (χ4v) is 4.34. The number of benzene rings is 1. The summed E-state index contributed by atoms with van der Waals surface area (Å²) in [7, 11) is 0. The molecule has 3 rings (SSSR count). The van der Waals surface area contributed by atoms with Gasteiger partial charge in [-0.1, -0.05) is 12.1 Å². The molecule has 0 aliphatic carbocycles. The quantitative estimate of drug-likeness (QED) is 0.265. The molecule has 0 fully saturated rings. The van der Waals surface area contributed by atoms with Crippen LogP contribution in [0, 0.1) is 0 Å². The summed E-state index contributed by atoms with van der Waals surface area (Å²) in [5.41, 5.74) is 4.65. The number of hydrogen-bond acceptors (Lipinski definition) is 7. The highest BCUT2D eigenvalue weighted by Gasteiger charge is 2.29. The average Bonchev–Trinajstić information content (AvgIpc) is 3.24. The van der Waals surface area contributed by atoms with Crippen molar-refractivity contribution in [3.8, 4) is 5.75 Å². The highest BCUT2D eigenvalue weighted by atomic mass is 32.1. The number of rotatable bonds is 11. The number of allylic oxidation sites excluding steroid dienone is 1. The predicted molar refractivity (Wildman–Crippen MR) is 132 cm³/mol. The number of amides is 3. The van der Waals surface area contributed by atoms with Crippen LogP contribution in [0.3, 0.4) is 0 Å². The van der Waals surface area contributed by atoms with E-state index in [1.807, 2.05) is 0 Å². The number of alkyl halides is 3. The van der Waals surface area contributed by atoms with Gasteiger partial charge in [-0.2, -0.15) is 13.2 Å². The Morgan fingerprint density at radius 1 is 1.24 bits per heavy atom. The van der Waals surface area contributed by atoms with Crippen molar-refractivity contribution in [1.82, 2.24) is 14.9 Å². The first kappa shape index (κ1) is 28.2. The van der Waals surface area contributed by atoms with E-state index in [0.717, 1.165) is 17.4 Å². The largest absolute Gasteiger partial charge is 0.483 e. The zero-order valence-corrected chi connectivity index (χ0v) is 20.3. The van der Waals surface area contributed by atoms with Crippen molar-refractivity contribution in [2.24, 2.45) is 5.73 Å². The molecule has 3 aromatic rings. The van der Waals surface area contributed by atoms with Crippen molar-refractivity contribution in [3.05, 3.63) is 64.0 Å². The maximum atomic E-state index is 13.0. The molecule has 38 heavy (non-hydrogen) atoms. The van der Waals surface area contributed by atoms with Crippen LogP contribution in [0.5, 0.6) is 5.75 Å². The molecular formula is C23H22F3N5O6S. The number of anilines is 1. The Labute approximate surface area is 216 Å². The van der Waals surface area contributed by atoms with E-state index in [9.17, 15) is 32.3 Å². The minimum Gasteiger partial charge on any atom is -0.483 e. The Morgan fingerprint density at radius 2 is 2.00 bits per heavy atom. The number of nitrogens with one attached hydrogen (secondary N) is 2. The van der Waals surface area contributed by atoms with E-state index < -0.39 is 42.3 Å². The third-order valence-corrected chi connectivity index (χ3v) is 5.99. The van der Waals surface area contributed by atoms with Crippen LogP contribution in [-0.2, 0) is 16.1 Å². The Morgan fingerprint density at radius 3 is 2.68 bits per heavy atom. The van der Waals surface area contributed by atoms with Crippen LogP contribution in [0.4, 0.5) is 23.7 Å². The molecule has 0 saturated heterocycles. The van der Waals surface area contributed by atoms with Crippen molar-refractivity contribution in [1.29, 1.82) is 0 Å². The standard InChI is InChI=1S/C23H22F3N5O6S/c24-23(25,26)12-37-16-8-3-6-13-19(16)38-18(28-13)11-31-10-4-7-15(21(31)34)29-20(33)14(30-22(35)36)5-1-2-9-17(27)32/h2-4,6-10,14,30H,1,5,11-12H2,(H2,27,32)(H,29,33)(H,35,36)/b9-2+/t14-/m0/s1. The Hall–Kier alpha value is -4.40. The van der Waals surface area contributed by atoms with Gasteiger partial charge in [0.05, 0.1) is 16.8 Å². The lowest BCUT2D eigenvalue weighted by atomic mass is 10.1. The monoisotopic (exact) mass is 553 g/mol. The molecule has 0 bridgehead atoms. The summed E-state index contributed by atoms with van der Waals surface area (Å²) < 4.78 is 44.2. The van der Waals surface area contributed by atoms with Crippen LogP contribution in [0.2, 0.25) is 0 Å². The van der Waals surface area contributed by atoms with Crippen LogP contribution < -0.4 is 26.7 Å². The van der Waals surface area contributed by atoms with E-state index in [1.165, 1.54) is 41.1 Å². The molecule has 202 valence electrons. The van der Waals surface area contributed by atoms with Crippen LogP contribution >= 0.6 is 11.3 Å². The molecule has 0 unspecified atom stereocenters. The van der Waals surface area contributed by atoms with Crippen LogP contribution in [0.25, 0.3) is 10.2 Å². The van der Waals surface area contributed by atoms with Crippen LogP contribution in [0.1, 0.15) is 17.8 Å². The van der Waals surface area contributed by atoms with Gasteiger partial charge in [-0.05, 0) is 43.2 Å². The minimum atomic E-state index is -4.51. The molecule has 5 N–H and O–H groups in total. The van der Waals surface area contributed by atoms with E-state index in [-0.39, 0.29) is 30.8 Å². The number of carbonyl (C=O) groups is 3. The number of pyridine rings is 1. The summed E-state index contributed by atoms with van der Waals surface area (Å²) in [6.07, 6.45) is -1.90. The number of halogens is 3. The molecule has 15 heteroatoms. The summed E-state index contributed by atoms with van der Waals surface area (Å²) in [5.74, 6) is -1.47. The lowest BCUT2D eigenvalue weighted by Gasteiger charge is -2.16. The number of thiazole rings is 1. The van der Waals surface area contributed by atoms with E-state index in [1.54, 1.807) is 6.07 Å². The summed E-state index contributed by atoms with van der Waals surface area (Å²) in [6.45, 7) is -1.50. The van der Waals surface area contributed by atoms with Crippen LogP contribution in [-0.4, -0.2) is 51.4 Å². The maximum Gasteiger partial charge on any atom is 0.422 e. The van der Waals surface area contributed by atoms with E-state index >= 15 is 0 Å². The van der Waals surface area contributed by atoms with Crippen molar-refractivity contribution >= 4 is 45.1 Å². The molecule has 1 aromatic carbocycles. The second-order valence-corrected chi connectivity index (χ2v) is 8.93. The summed E-state index contributed by atoms with van der Waals surface area (Å²) in [5, 5.41) is 13.9. The number of carbonyl (C=O) groups excluding carboxylic acids is 2. The van der Waals surface area contributed by atoms with Crippen molar-refractivity contribution in [2.75, 3.05) is 11.9 Å². The Kier molecular flexibility index (Phi) is 9.07. The number of hydrogen-bond donors (Lipinski definition) is 4. The summed E-state index contributed by atoms with van der Waals surface area (Å²) in [4.78, 5) is 51.9. The predicted octanol–water partition coefficient (Wildman–Crippen LogP) is 2.84. The lowest BCUT2D eigenvalue weighted by Crippen LogP contribution is -2.44. The van der Waals surface area contributed by atoms with Gasteiger partial charge in [0, 0.05) is 6.20 Å². The topological polar surface area (TPSA) is 166 Å². The molecule has 0 aliphatic heterocycles. The molecule has 0 aliphatic rings. The molecule has 0 spiro atoms. The minimum absolute atomic E-state index is 0.00656. The number of carboxylic acid groups (broad SMARTS) is 1. The molecule has 1 atom stereocenters. The molecule has 0 radical (unpaired) electrons. The third-order valence-electron chi connectivity index (χ3n) is 4.92. The SMILES string of the molecule is NC(=O)/C=C/CC[C@H](NC(=O)O)C(=O)Nc1cccn(Cc2nc3cccc(OCC(F)(F)F)c3s2)c1=O. The smallest absolute Gasteiger partial charge is 0.422 e. The second kappa shape index (κ2) is 12.2. The fraction of sp³-hybridized carbons (Fsp3) is 0.261. The number of nitrogens with two attached hydrogens (primary N) is 1. The first-order chi connectivity index (χ1) is 17.9. The van der Waals surface area contributed by atoms with Gasteiger partial charge in [0.2, 0.25) is 11.8 Å². The van der Waals surface area contributed by atoms with Crippen molar-refractivity contribution in [2.45, 2.75) is 31.6 Å². The summed E-state index contributed by atoms with van der Waals surface area (Å²) >= 11 is 1.06. The van der Waals surface area contributed by atoms with Crippen molar-refractivity contribution in [3.63, 3.8) is 0 Å². The summed E-state index contributed by atoms with van der Waals surface area (Å²) in [6, 6.07) is 6.09. The van der Waals surface area contributed by atoms with Gasteiger partial charge in [-0.25, -0.2) is 9.78 Å². The number of ether oxygens (including phenoxy) is 1. The molecule has 3 amide bonds. The first-order valence-corrected chi connectivity index (χ1v) is 11.8. The highest BCUT2D eigenvalue weighted by molar-refractivity contribution is 7.19. The van der Waals surface area contributed by atoms with E-state index in [2.05, 4.69) is 15.6 Å². The Balaban J connectivity index is 1.76. The van der Waals surface area contributed by atoms with Gasteiger partial charge in [0.25, 0.3) is 5.56 Å². The number of fused-ring (bicyclic) bond motifs is 1.